The van der Waals surface area contributed by atoms with Gasteiger partial charge in [0.05, 0.1) is 18.9 Å². The molecule has 2 aromatic heterocycles. The highest BCUT2D eigenvalue weighted by molar-refractivity contribution is 5.67. The number of fused-ring (bicyclic) bond motifs is 1. The van der Waals surface area contributed by atoms with Gasteiger partial charge in [-0.2, -0.15) is 4.52 Å². The average Bonchev–Trinajstić information content (AvgIpc) is 2.92. The Balaban J connectivity index is 2.19. The highest BCUT2D eigenvalue weighted by Gasteiger charge is 2.14. The molecule has 0 bridgehead atoms. The summed E-state index contributed by atoms with van der Waals surface area (Å²) in [7, 11) is 1.58. The van der Waals surface area contributed by atoms with E-state index in [-0.39, 0.29) is 0 Å². The standard InChI is InChI=1S/C12H12N4O2/c1-7-14-6-11-16(7)15-12(18-11)9-4-3-8(13)5-10(9)17-2/h3-6H,13H2,1-2H3. The molecule has 6 nitrogen and oxygen atoms in total. The molecule has 0 aliphatic heterocycles. The van der Waals surface area contributed by atoms with E-state index in [1.165, 1.54) is 0 Å². The van der Waals surface area contributed by atoms with Crippen molar-refractivity contribution in [2.75, 3.05) is 12.8 Å². The van der Waals surface area contributed by atoms with E-state index in [9.17, 15) is 0 Å². The molecular formula is C12H12N4O2. The Kier molecular flexibility index (Phi) is 2.22. The minimum atomic E-state index is 0.479. The van der Waals surface area contributed by atoms with E-state index >= 15 is 0 Å². The highest BCUT2D eigenvalue weighted by atomic mass is 16.5. The number of hydrogen-bond acceptors (Lipinski definition) is 5. The van der Waals surface area contributed by atoms with Gasteiger partial charge in [0, 0.05) is 11.8 Å². The zero-order chi connectivity index (χ0) is 12.7. The van der Waals surface area contributed by atoms with Gasteiger partial charge in [-0.3, -0.25) is 0 Å². The van der Waals surface area contributed by atoms with Crippen LogP contribution in [0.1, 0.15) is 5.82 Å². The van der Waals surface area contributed by atoms with E-state index in [0.717, 1.165) is 11.4 Å². The number of anilines is 1. The first-order chi connectivity index (χ1) is 8.69. The fourth-order valence-electron chi connectivity index (χ4n) is 1.81. The van der Waals surface area contributed by atoms with Gasteiger partial charge in [0.1, 0.15) is 11.6 Å². The van der Waals surface area contributed by atoms with Gasteiger partial charge in [0.25, 0.3) is 0 Å². The molecule has 0 saturated carbocycles. The summed E-state index contributed by atoms with van der Waals surface area (Å²) in [5, 5.41) is 4.35. The first-order valence-electron chi connectivity index (χ1n) is 5.44. The van der Waals surface area contributed by atoms with Crippen LogP contribution in [0.25, 0.3) is 17.2 Å². The number of aromatic nitrogens is 3. The smallest absolute Gasteiger partial charge is 0.250 e. The van der Waals surface area contributed by atoms with Crippen molar-refractivity contribution in [3.05, 3.63) is 30.2 Å². The normalized spacial score (nSPS) is 11.0. The second-order valence-corrected chi connectivity index (χ2v) is 3.92. The molecule has 6 heteroatoms. The Morgan fingerprint density at radius 2 is 2.22 bits per heavy atom. The van der Waals surface area contributed by atoms with Crippen LogP contribution in [-0.2, 0) is 0 Å². The van der Waals surface area contributed by atoms with E-state index in [1.54, 1.807) is 30.0 Å². The Labute approximate surface area is 103 Å². The van der Waals surface area contributed by atoms with Gasteiger partial charge in [0.2, 0.25) is 11.6 Å². The molecular weight excluding hydrogens is 232 g/mol. The van der Waals surface area contributed by atoms with Crippen molar-refractivity contribution in [2.24, 2.45) is 0 Å². The van der Waals surface area contributed by atoms with Crippen LogP contribution >= 0.6 is 0 Å². The number of nitrogen functional groups attached to an aromatic ring is 1. The minimum Gasteiger partial charge on any atom is -0.496 e. The summed E-state index contributed by atoms with van der Waals surface area (Å²) in [4.78, 5) is 4.10. The topological polar surface area (TPSA) is 78.6 Å². The van der Waals surface area contributed by atoms with Crippen molar-refractivity contribution < 1.29 is 9.15 Å². The number of imidazole rings is 1. The van der Waals surface area contributed by atoms with Crippen LogP contribution in [0.3, 0.4) is 0 Å². The molecule has 0 spiro atoms. The van der Waals surface area contributed by atoms with Gasteiger partial charge in [-0.1, -0.05) is 0 Å². The zero-order valence-electron chi connectivity index (χ0n) is 10.0. The fourth-order valence-corrected chi connectivity index (χ4v) is 1.81. The second kappa shape index (κ2) is 3.76. The maximum atomic E-state index is 5.71. The van der Waals surface area contributed by atoms with Gasteiger partial charge in [-0.25, -0.2) is 4.98 Å². The van der Waals surface area contributed by atoms with Crippen LogP contribution in [0.4, 0.5) is 5.69 Å². The van der Waals surface area contributed by atoms with Crippen molar-refractivity contribution in [1.29, 1.82) is 0 Å². The summed E-state index contributed by atoms with van der Waals surface area (Å²) < 4.78 is 12.5. The summed E-state index contributed by atoms with van der Waals surface area (Å²) in [6, 6.07) is 5.34. The first kappa shape index (κ1) is 10.6. The lowest BCUT2D eigenvalue weighted by molar-refractivity contribution is 0.415. The number of rotatable bonds is 2. The Hall–Kier alpha value is -2.50. The Morgan fingerprint density at radius 1 is 1.39 bits per heavy atom. The maximum Gasteiger partial charge on any atom is 0.250 e. The SMILES string of the molecule is COc1cc(N)ccc1-c1nn2c(C)ncc2o1. The third kappa shape index (κ3) is 1.50. The molecule has 0 aliphatic carbocycles. The number of benzene rings is 1. The number of nitrogens with two attached hydrogens (primary N) is 1. The first-order valence-corrected chi connectivity index (χ1v) is 5.44. The van der Waals surface area contributed by atoms with Gasteiger partial charge >= 0.3 is 0 Å². The van der Waals surface area contributed by atoms with E-state index < -0.39 is 0 Å². The van der Waals surface area contributed by atoms with Gasteiger partial charge in [-0.05, 0) is 19.1 Å². The summed E-state index contributed by atoms with van der Waals surface area (Å²) >= 11 is 0. The van der Waals surface area contributed by atoms with Gasteiger partial charge < -0.3 is 14.9 Å². The molecule has 18 heavy (non-hydrogen) atoms. The second-order valence-electron chi connectivity index (χ2n) is 3.92. The van der Waals surface area contributed by atoms with E-state index in [0.29, 0.717) is 23.0 Å². The molecule has 0 radical (unpaired) electrons. The van der Waals surface area contributed by atoms with Gasteiger partial charge in [0.15, 0.2) is 0 Å². The molecule has 2 heterocycles. The van der Waals surface area contributed by atoms with Crippen LogP contribution in [0, 0.1) is 6.92 Å². The number of aryl methyl sites for hydroxylation is 1. The fraction of sp³-hybridized carbons (Fsp3) is 0.167. The molecule has 3 aromatic rings. The molecule has 0 fully saturated rings. The van der Waals surface area contributed by atoms with Crippen LogP contribution in [0.5, 0.6) is 5.75 Å². The minimum absolute atomic E-state index is 0.479. The molecule has 0 unspecified atom stereocenters. The molecule has 0 amide bonds. The highest BCUT2D eigenvalue weighted by Crippen LogP contribution is 2.31. The molecule has 2 N–H and O–H groups in total. The third-order valence-corrected chi connectivity index (χ3v) is 2.73. The quantitative estimate of drug-likeness (QED) is 0.696. The lowest BCUT2D eigenvalue weighted by Gasteiger charge is -2.05. The molecule has 0 aliphatic rings. The Bertz CT molecular complexity index is 714. The molecule has 0 atom stereocenters. The number of ether oxygens (including phenoxy) is 1. The van der Waals surface area contributed by atoms with Crippen LogP contribution in [-0.4, -0.2) is 21.7 Å². The summed E-state index contributed by atoms with van der Waals surface area (Å²) in [6.45, 7) is 1.86. The van der Waals surface area contributed by atoms with E-state index in [1.807, 2.05) is 13.0 Å². The van der Waals surface area contributed by atoms with Crippen LogP contribution < -0.4 is 10.5 Å². The molecule has 0 saturated heterocycles. The maximum absolute atomic E-state index is 5.71. The number of hydrogen-bond donors (Lipinski definition) is 1. The summed E-state index contributed by atoms with van der Waals surface area (Å²) in [6.07, 6.45) is 1.63. The van der Waals surface area contributed by atoms with Crippen LogP contribution in [0.2, 0.25) is 0 Å². The van der Waals surface area contributed by atoms with Gasteiger partial charge in [-0.15, -0.1) is 5.10 Å². The average molecular weight is 244 g/mol. The van der Waals surface area contributed by atoms with E-state index in [2.05, 4.69) is 10.1 Å². The van der Waals surface area contributed by atoms with E-state index in [4.69, 9.17) is 14.9 Å². The van der Waals surface area contributed by atoms with Crippen LogP contribution in [0.15, 0.2) is 28.8 Å². The lowest BCUT2D eigenvalue weighted by atomic mass is 10.2. The summed E-state index contributed by atoms with van der Waals surface area (Å²) in [5.74, 6) is 1.88. The number of nitrogens with zero attached hydrogens (tertiary/aromatic N) is 3. The molecule has 3 rings (SSSR count). The largest absolute Gasteiger partial charge is 0.496 e. The number of methoxy groups -OCH3 is 1. The van der Waals surface area contributed by atoms with Crippen molar-refractivity contribution >= 4 is 11.4 Å². The van der Waals surface area contributed by atoms with Crippen molar-refractivity contribution in [3.8, 4) is 17.2 Å². The predicted octanol–water partition coefficient (Wildman–Crippen LogP) is 1.89. The molecule has 92 valence electrons. The van der Waals surface area contributed by atoms with Crippen molar-refractivity contribution in [3.63, 3.8) is 0 Å². The Morgan fingerprint density at radius 3 is 2.94 bits per heavy atom. The zero-order valence-corrected chi connectivity index (χ0v) is 10.0. The molecule has 1 aromatic carbocycles. The van der Waals surface area contributed by atoms with Crippen molar-refractivity contribution in [2.45, 2.75) is 6.92 Å². The lowest BCUT2D eigenvalue weighted by Crippen LogP contribution is -1.93. The monoisotopic (exact) mass is 244 g/mol. The van der Waals surface area contributed by atoms with Crippen molar-refractivity contribution in [1.82, 2.24) is 14.6 Å². The predicted molar refractivity (Wildman–Crippen MR) is 66.4 cm³/mol. The summed E-state index contributed by atoms with van der Waals surface area (Å²) in [5.41, 5.74) is 7.70. The third-order valence-electron chi connectivity index (χ3n) is 2.73.